The molecule has 0 fully saturated rings. The maximum absolute atomic E-state index is 13.0. The molecule has 2 aromatic rings. The predicted octanol–water partition coefficient (Wildman–Crippen LogP) is 4.38. The molecule has 2 aromatic heterocycles. The Hall–Kier alpha value is -1.18. The van der Waals surface area contributed by atoms with Crippen LogP contribution in [0.2, 0.25) is 5.02 Å². The zero-order chi connectivity index (χ0) is 15.6. The Labute approximate surface area is 129 Å². The first kappa shape index (κ1) is 16.2. The highest BCUT2D eigenvalue weighted by Gasteiger charge is 2.37. The Morgan fingerprint density at radius 1 is 1.33 bits per heavy atom. The minimum absolute atomic E-state index is 0.0882. The van der Waals surface area contributed by atoms with Gasteiger partial charge in [-0.2, -0.15) is 13.2 Å². The smallest absolute Gasteiger partial charge is 0.310 e. The van der Waals surface area contributed by atoms with Gasteiger partial charge in [0.05, 0.1) is 15.6 Å². The average molecular weight is 336 g/mol. The van der Waals surface area contributed by atoms with Gasteiger partial charge in [0.25, 0.3) is 0 Å². The number of nitrogens with zero attached hydrogens (tertiary/aromatic N) is 2. The van der Waals surface area contributed by atoms with Crippen molar-refractivity contribution >= 4 is 22.9 Å². The van der Waals surface area contributed by atoms with Gasteiger partial charge in [-0.05, 0) is 12.1 Å². The Balaban J connectivity index is 2.37. The second-order valence-electron chi connectivity index (χ2n) is 4.69. The van der Waals surface area contributed by atoms with Crippen molar-refractivity contribution < 1.29 is 13.2 Å². The molecular weight excluding hydrogens is 323 g/mol. The number of aromatic nitrogens is 2. The molecule has 21 heavy (non-hydrogen) atoms. The summed E-state index contributed by atoms with van der Waals surface area (Å²) in [6.45, 7) is 3.86. The number of halogens is 4. The maximum Gasteiger partial charge on any atom is 0.434 e. The molecule has 8 heteroatoms. The van der Waals surface area contributed by atoms with Crippen molar-refractivity contribution in [3.05, 3.63) is 33.9 Å². The van der Waals surface area contributed by atoms with Gasteiger partial charge >= 0.3 is 6.18 Å². The molecule has 0 unspecified atom stereocenters. The lowest BCUT2D eigenvalue weighted by molar-refractivity contribution is -0.141. The van der Waals surface area contributed by atoms with Gasteiger partial charge in [-0.25, -0.2) is 4.98 Å². The number of thiazole rings is 1. The third kappa shape index (κ3) is 4.15. The Morgan fingerprint density at radius 2 is 2.05 bits per heavy atom. The monoisotopic (exact) mass is 335 g/mol. The van der Waals surface area contributed by atoms with E-state index in [1.807, 2.05) is 13.8 Å². The summed E-state index contributed by atoms with van der Waals surface area (Å²) >= 11 is 6.71. The van der Waals surface area contributed by atoms with Crippen molar-refractivity contribution in [1.82, 2.24) is 15.3 Å². The van der Waals surface area contributed by atoms with Gasteiger partial charge in [0.15, 0.2) is 5.69 Å². The molecule has 0 radical (unpaired) electrons. The Kier molecular flexibility index (Phi) is 4.85. The third-order valence-corrected chi connectivity index (χ3v) is 3.88. The zero-order valence-electron chi connectivity index (χ0n) is 11.3. The molecule has 0 bridgehead atoms. The van der Waals surface area contributed by atoms with Crippen LogP contribution in [0.1, 0.15) is 24.4 Å². The molecule has 0 aliphatic carbocycles. The highest BCUT2D eigenvalue weighted by atomic mass is 35.5. The van der Waals surface area contributed by atoms with Crippen molar-refractivity contribution in [2.45, 2.75) is 32.6 Å². The molecule has 0 aliphatic rings. The van der Waals surface area contributed by atoms with Crippen LogP contribution in [-0.4, -0.2) is 16.0 Å². The van der Waals surface area contributed by atoms with Crippen molar-refractivity contribution in [3.8, 4) is 10.7 Å². The van der Waals surface area contributed by atoms with E-state index < -0.39 is 11.9 Å². The van der Waals surface area contributed by atoms with E-state index in [0.29, 0.717) is 10.7 Å². The van der Waals surface area contributed by atoms with E-state index in [0.717, 1.165) is 11.3 Å². The zero-order valence-corrected chi connectivity index (χ0v) is 12.9. The highest BCUT2D eigenvalue weighted by molar-refractivity contribution is 7.15. The Bertz CT molecular complexity index is 608. The van der Waals surface area contributed by atoms with Crippen LogP contribution in [0.3, 0.4) is 0 Å². The van der Waals surface area contributed by atoms with E-state index in [4.69, 9.17) is 11.6 Å². The van der Waals surface area contributed by atoms with Gasteiger partial charge < -0.3 is 5.32 Å². The van der Waals surface area contributed by atoms with Crippen LogP contribution < -0.4 is 5.32 Å². The van der Waals surface area contributed by atoms with Crippen LogP contribution in [0, 0.1) is 0 Å². The van der Waals surface area contributed by atoms with Gasteiger partial charge in [0.2, 0.25) is 0 Å². The lowest BCUT2D eigenvalue weighted by atomic mass is 10.3. The van der Waals surface area contributed by atoms with Crippen molar-refractivity contribution in [2.75, 3.05) is 0 Å². The number of hydrogen-bond acceptors (Lipinski definition) is 4. The molecule has 0 aromatic carbocycles. The summed E-state index contributed by atoms with van der Waals surface area (Å²) in [4.78, 5) is 7.87. The first-order valence-corrected chi connectivity index (χ1v) is 7.39. The third-order valence-electron chi connectivity index (χ3n) is 2.58. The molecule has 1 N–H and O–H groups in total. The second-order valence-corrected chi connectivity index (χ2v) is 6.21. The predicted molar refractivity (Wildman–Crippen MR) is 77.3 cm³/mol. The lowest BCUT2D eigenvalue weighted by Crippen LogP contribution is -2.23. The van der Waals surface area contributed by atoms with E-state index in [2.05, 4.69) is 15.3 Å². The summed E-state index contributed by atoms with van der Waals surface area (Å²) in [5, 5.41) is 3.64. The molecule has 0 aliphatic heterocycles. The van der Waals surface area contributed by atoms with Crippen molar-refractivity contribution in [1.29, 1.82) is 0 Å². The summed E-state index contributed by atoms with van der Waals surface area (Å²) < 4.78 is 39.1. The summed E-state index contributed by atoms with van der Waals surface area (Å²) in [6, 6.07) is 3.22. The number of rotatable bonds is 4. The fraction of sp³-hybridized carbons (Fsp3) is 0.385. The van der Waals surface area contributed by atoms with Gasteiger partial charge in [0, 0.05) is 18.8 Å². The standard InChI is InChI=1S/C13H13ClF3N3S/c1-7(2)18-6-10-11(13(15,16)17)20-12(21-10)9-4-3-8(14)5-19-9/h3-5,7,18H,6H2,1-2H3. The van der Waals surface area contributed by atoms with E-state index in [9.17, 15) is 13.2 Å². The molecule has 0 spiro atoms. The van der Waals surface area contributed by atoms with E-state index in [1.165, 1.54) is 6.20 Å². The number of nitrogens with one attached hydrogen (secondary N) is 1. The van der Waals surface area contributed by atoms with Crippen LogP contribution in [0.5, 0.6) is 0 Å². The normalized spacial score (nSPS) is 12.1. The quantitative estimate of drug-likeness (QED) is 0.901. The van der Waals surface area contributed by atoms with Gasteiger partial charge in [-0.3, -0.25) is 4.98 Å². The molecule has 0 saturated heterocycles. The van der Waals surface area contributed by atoms with Crippen LogP contribution in [0.4, 0.5) is 13.2 Å². The number of alkyl halides is 3. The minimum Gasteiger partial charge on any atom is -0.310 e. The van der Waals surface area contributed by atoms with Crippen LogP contribution in [-0.2, 0) is 12.7 Å². The first-order chi connectivity index (χ1) is 9.77. The molecule has 2 heterocycles. The molecule has 3 nitrogen and oxygen atoms in total. The molecule has 0 amide bonds. The van der Waals surface area contributed by atoms with Crippen LogP contribution >= 0.6 is 22.9 Å². The van der Waals surface area contributed by atoms with Gasteiger partial charge in [-0.1, -0.05) is 25.4 Å². The molecule has 0 atom stereocenters. The van der Waals surface area contributed by atoms with Crippen molar-refractivity contribution in [2.24, 2.45) is 0 Å². The fourth-order valence-corrected chi connectivity index (χ4v) is 2.72. The minimum atomic E-state index is -4.48. The molecule has 114 valence electrons. The van der Waals surface area contributed by atoms with Crippen LogP contribution in [0.15, 0.2) is 18.3 Å². The topological polar surface area (TPSA) is 37.8 Å². The summed E-state index contributed by atoms with van der Waals surface area (Å²) in [5.74, 6) is 0. The average Bonchev–Trinajstić information content (AvgIpc) is 2.81. The lowest BCUT2D eigenvalue weighted by Gasteiger charge is -2.09. The SMILES string of the molecule is CC(C)NCc1sc(-c2ccc(Cl)cn2)nc1C(F)(F)F. The number of pyridine rings is 1. The van der Waals surface area contributed by atoms with E-state index in [-0.39, 0.29) is 22.5 Å². The van der Waals surface area contributed by atoms with Crippen molar-refractivity contribution in [3.63, 3.8) is 0 Å². The number of hydrogen-bond donors (Lipinski definition) is 1. The largest absolute Gasteiger partial charge is 0.434 e. The highest BCUT2D eigenvalue weighted by Crippen LogP contribution is 2.37. The summed E-state index contributed by atoms with van der Waals surface area (Å²) in [6.07, 6.45) is -3.09. The van der Waals surface area contributed by atoms with Gasteiger partial charge in [0.1, 0.15) is 5.01 Å². The second kappa shape index (κ2) is 6.29. The summed E-state index contributed by atoms with van der Waals surface area (Å²) in [5.41, 5.74) is -0.474. The van der Waals surface area contributed by atoms with Gasteiger partial charge in [-0.15, -0.1) is 11.3 Å². The Morgan fingerprint density at radius 3 is 2.57 bits per heavy atom. The molecular formula is C13H13ClF3N3S. The molecule has 0 saturated carbocycles. The maximum atomic E-state index is 13.0. The summed E-state index contributed by atoms with van der Waals surface area (Å²) in [7, 11) is 0. The molecule has 2 rings (SSSR count). The fourth-order valence-electron chi connectivity index (χ4n) is 1.60. The van der Waals surface area contributed by atoms with E-state index >= 15 is 0 Å². The first-order valence-electron chi connectivity index (χ1n) is 6.19. The van der Waals surface area contributed by atoms with E-state index in [1.54, 1.807) is 12.1 Å². The van der Waals surface area contributed by atoms with Crippen LogP contribution in [0.25, 0.3) is 10.7 Å².